The molecule has 1 rings (SSSR count). The number of rotatable bonds is 6. The highest BCUT2D eigenvalue weighted by Gasteiger charge is 2.13. The van der Waals surface area contributed by atoms with Crippen molar-refractivity contribution in [1.82, 2.24) is 10.3 Å². The first-order valence-corrected chi connectivity index (χ1v) is 6.49. The first-order valence-electron chi connectivity index (χ1n) is 5.01. The molecule has 0 aromatic heterocycles. The second-order valence-corrected chi connectivity index (χ2v) is 5.04. The van der Waals surface area contributed by atoms with Crippen molar-refractivity contribution in [2.24, 2.45) is 16.7 Å². The van der Waals surface area contributed by atoms with Crippen LogP contribution < -0.4 is 21.8 Å². The number of hydrazine groups is 1. The lowest BCUT2D eigenvalue weighted by Gasteiger charge is -2.06. The maximum Gasteiger partial charge on any atom is 0.240 e. The largest absolute Gasteiger partial charge is 0.395 e. The van der Waals surface area contributed by atoms with E-state index >= 15 is 0 Å². The van der Waals surface area contributed by atoms with Gasteiger partial charge in [-0.1, -0.05) is 0 Å². The normalized spacial score (nSPS) is 12.4. The summed E-state index contributed by atoms with van der Waals surface area (Å²) < 4.78 is 25.6. The van der Waals surface area contributed by atoms with E-state index in [9.17, 15) is 8.42 Å². The lowest BCUT2D eigenvalue weighted by molar-refractivity contribution is 0.301. The zero-order valence-electron chi connectivity index (χ0n) is 9.50. The first-order chi connectivity index (χ1) is 8.51. The minimum atomic E-state index is -3.61. The van der Waals surface area contributed by atoms with E-state index in [1.165, 1.54) is 24.3 Å². The quantitative estimate of drug-likeness (QED) is 0.176. The van der Waals surface area contributed by atoms with Gasteiger partial charge in [-0.3, -0.25) is 0 Å². The summed E-state index contributed by atoms with van der Waals surface area (Å²) >= 11 is 0. The van der Waals surface area contributed by atoms with E-state index in [1.807, 2.05) is 5.53 Å². The molecule has 0 saturated carbocycles. The number of sulfonamides is 1. The van der Waals surface area contributed by atoms with Gasteiger partial charge in [-0.15, -0.1) is 5.10 Å². The second kappa shape index (κ2) is 6.31. The molecule has 0 bridgehead atoms. The van der Waals surface area contributed by atoms with E-state index in [-0.39, 0.29) is 23.9 Å². The number of amidine groups is 1. The van der Waals surface area contributed by atoms with Crippen LogP contribution in [0.2, 0.25) is 0 Å². The predicted octanol–water partition coefficient (Wildman–Crippen LogP) is -1.96. The Bertz CT molecular complexity index is 512. The van der Waals surface area contributed by atoms with Gasteiger partial charge in [0.15, 0.2) is 5.84 Å². The van der Waals surface area contributed by atoms with Gasteiger partial charge in [0.25, 0.3) is 0 Å². The number of aliphatic hydroxyl groups is 1. The highest BCUT2D eigenvalue weighted by Crippen LogP contribution is 2.10. The summed E-state index contributed by atoms with van der Waals surface area (Å²) in [6, 6.07) is 5.77. The average Bonchev–Trinajstić information content (AvgIpc) is 2.37. The van der Waals surface area contributed by atoms with Gasteiger partial charge in [0.1, 0.15) is 0 Å². The number of hydrazone groups is 1. The van der Waals surface area contributed by atoms with Gasteiger partial charge < -0.3 is 10.8 Å². The highest BCUT2D eigenvalue weighted by atomic mass is 32.2. The van der Waals surface area contributed by atoms with Crippen molar-refractivity contribution < 1.29 is 13.5 Å². The summed E-state index contributed by atoms with van der Waals surface area (Å²) in [5.74, 6) is 5.12. The Morgan fingerprint density at radius 3 is 2.44 bits per heavy atom. The Hall–Kier alpha value is -1.68. The molecule has 100 valence electrons. The van der Waals surface area contributed by atoms with E-state index in [2.05, 4.69) is 9.82 Å². The number of nitrogens with two attached hydrogens (primary N) is 2. The second-order valence-electron chi connectivity index (χ2n) is 3.27. The lowest BCUT2D eigenvalue weighted by Crippen LogP contribution is -2.27. The van der Waals surface area contributed by atoms with Crippen LogP contribution in [0.3, 0.4) is 0 Å². The molecule has 0 aliphatic rings. The fraction of sp³-hybridized carbons (Fsp3) is 0.222. The van der Waals surface area contributed by atoms with Crippen molar-refractivity contribution in [2.75, 3.05) is 13.2 Å². The maximum atomic E-state index is 11.7. The predicted molar refractivity (Wildman–Crippen MR) is 66.8 cm³/mol. The number of benzene rings is 1. The summed E-state index contributed by atoms with van der Waals surface area (Å²) in [6.45, 7) is -0.302. The molecular formula is C9H15N5O3S. The van der Waals surface area contributed by atoms with E-state index < -0.39 is 10.0 Å². The van der Waals surface area contributed by atoms with Gasteiger partial charge in [-0.25, -0.2) is 24.5 Å². The van der Waals surface area contributed by atoms with Crippen molar-refractivity contribution in [3.05, 3.63) is 29.8 Å². The lowest BCUT2D eigenvalue weighted by atomic mass is 10.2. The molecule has 0 unspecified atom stereocenters. The molecule has 0 amide bonds. The number of hydrogen-bond acceptors (Lipinski definition) is 6. The van der Waals surface area contributed by atoms with E-state index in [4.69, 9.17) is 16.7 Å². The van der Waals surface area contributed by atoms with Crippen LogP contribution in [0.5, 0.6) is 0 Å². The molecule has 0 aliphatic carbocycles. The number of nitrogens with one attached hydrogen (secondary N) is 2. The zero-order valence-corrected chi connectivity index (χ0v) is 10.3. The Balaban J connectivity index is 2.92. The summed E-state index contributed by atoms with van der Waals surface area (Å²) in [5, 5.41) is 12.1. The summed E-state index contributed by atoms with van der Waals surface area (Å²) in [7, 11) is -3.61. The van der Waals surface area contributed by atoms with Gasteiger partial charge >= 0.3 is 0 Å². The molecule has 0 aliphatic heterocycles. The van der Waals surface area contributed by atoms with Crippen LogP contribution >= 0.6 is 0 Å². The van der Waals surface area contributed by atoms with E-state index in [1.54, 1.807) is 0 Å². The molecule has 0 fully saturated rings. The van der Waals surface area contributed by atoms with Gasteiger partial charge in [0.2, 0.25) is 10.0 Å². The van der Waals surface area contributed by atoms with Gasteiger partial charge in [0, 0.05) is 12.1 Å². The van der Waals surface area contributed by atoms with Gasteiger partial charge in [0.05, 0.1) is 11.5 Å². The molecule has 1 aromatic carbocycles. The number of aliphatic hydroxyl groups excluding tert-OH is 1. The molecule has 0 spiro atoms. The smallest absolute Gasteiger partial charge is 0.240 e. The minimum absolute atomic E-state index is 0.0369. The Morgan fingerprint density at radius 1 is 1.33 bits per heavy atom. The van der Waals surface area contributed by atoms with Crippen LogP contribution in [0.1, 0.15) is 5.56 Å². The molecule has 7 N–H and O–H groups in total. The van der Waals surface area contributed by atoms with Crippen LogP contribution in [0.4, 0.5) is 0 Å². The topological polar surface area (TPSA) is 143 Å². The maximum absolute atomic E-state index is 11.7. The first kappa shape index (κ1) is 14.4. The SMILES string of the molecule is NN/N=C(\N)c1ccc(S(=O)(=O)NCCO)cc1. The molecule has 0 saturated heterocycles. The Morgan fingerprint density at radius 2 is 1.94 bits per heavy atom. The fourth-order valence-corrected chi connectivity index (χ4v) is 2.22. The van der Waals surface area contributed by atoms with Crippen LogP contribution in [0.25, 0.3) is 0 Å². The molecule has 1 aromatic rings. The van der Waals surface area contributed by atoms with Crippen molar-refractivity contribution >= 4 is 15.9 Å². The molecule has 0 atom stereocenters. The van der Waals surface area contributed by atoms with Crippen molar-refractivity contribution in [1.29, 1.82) is 0 Å². The third-order valence-corrected chi connectivity index (χ3v) is 3.53. The van der Waals surface area contributed by atoms with Crippen LogP contribution in [0.15, 0.2) is 34.3 Å². The highest BCUT2D eigenvalue weighted by molar-refractivity contribution is 7.89. The molecule has 0 heterocycles. The van der Waals surface area contributed by atoms with E-state index in [0.29, 0.717) is 5.56 Å². The molecular weight excluding hydrogens is 258 g/mol. The van der Waals surface area contributed by atoms with Crippen LogP contribution in [-0.2, 0) is 10.0 Å². The third-order valence-electron chi connectivity index (χ3n) is 2.05. The van der Waals surface area contributed by atoms with Crippen LogP contribution in [0, 0.1) is 0 Å². The molecule has 18 heavy (non-hydrogen) atoms. The molecule has 8 nitrogen and oxygen atoms in total. The fourth-order valence-electron chi connectivity index (χ4n) is 1.20. The Labute approximate surface area is 105 Å². The third kappa shape index (κ3) is 3.67. The van der Waals surface area contributed by atoms with Crippen molar-refractivity contribution in [2.45, 2.75) is 4.90 Å². The monoisotopic (exact) mass is 273 g/mol. The molecule has 9 heteroatoms. The van der Waals surface area contributed by atoms with Crippen LogP contribution in [-0.4, -0.2) is 32.5 Å². The number of hydrogen-bond donors (Lipinski definition) is 5. The standard InChI is InChI=1S/C9H15N5O3S/c10-9(13-14-11)7-1-3-8(4-2-7)18(16,17)12-5-6-15/h1-4,12,14-15H,5-6,11H2,(H2,10,13). The zero-order chi connectivity index (χ0) is 13.6. The van der Waals surface area contributed by atoms with Crippen molar-refractivity contribution in [3.8, 4) is 0 Å². The minimum Gasteiger partial charge on any atom is -0.395 e. The summed E-state index contributed by atoms with van der Waals surface area (Å²) in [4.78, 5) is 0.0770. The van der Waals surface area contributed by atoms with Gasteiger partial charge in [-0.2, -0.15) is 0 Å². The summed E-state index contributed by atoms with van der Waals surface area (Å²) in [6.07, 6.45) is 0. The number of nitrogens with zero attached hydrogens (tertiary/aromatic N) is 1. The van der Waals surface area contributed by atoms with Crippen molar-refractivity contribution in [3.63, 3.8) is 0 Å². The van der Waals surface area contributed by atoms with E-state index in [0.717, 1.165) is 0 Å². The Kier molecular flexibility index (Phi) is 5.04. The molecule has 0 radical (unpaired) electrons. The van der Waals surface area contributed by atoms with Gasteiger partial charge in [-0.05, 0) is 24.3 Å². The average molecular weight is 273 g/mol. The summed E-state index contributed by atoms with van der Waals surface area (Å²) in [5.41, 5.74) is 8.13.